The quantitative estimate of drug-likeness (QED) is 0.174. The van der Waals surface area contributed by atoms with E-state index in [0.717, 1.165) is 38.8 Å². The Bertz CT molecular complexity index is 1720. The fourth-order valence-corrected chi connectivity index (χ4v) is 6.22. The Morgan fingerprint density at radius 3 is 2.35 bits per heavy atom. The third-order valence-corrected chi connectivity index (χ3v) is 8.90. The number of benzene rings is 2. The number of anilines is 3. The first kappa shape index (κ1) is 33.8. The second-order valence-corrected chi connectivity index (χ2v) is 12.2. The van der Waals surface area contributed by atoms with E-state index in [1.807, 2.05) is 24.3 Å². The monoisotopic (exact) mass is 677 g/mol. The van der Waals surface area contributed by atoms with Gasteiger partial charge in [0.1, 0.15) is 11.6 Å². The van der Waals surface area contributed by atoms with Crippen LogP contribution in [0, 0.1) is 5.92 Å². The molecule has 0 spiro atoms. The van der Waals surface area contributed by atoms with Crippen molar-refractivity contribution in [3.8, 4) is 5.75 Å². The number of rotatable bonds is 10. The van der Waals surface area contributed by atoms with Crippen LogP contribution in [0.2, 0.25) is 0 Å². The number of nitrogens with one attached hydrogen (secondary N) is 1. The van der Waals surface area contributed by atoms with Crippen LogP contribution in [-0.2, 0) is 10.9 Å². The molecule has 0 atom stereocenters. The number of piperidine rings is 2. The summed E-state index contributed by atoms with van der Waals surface area (Å²) in [5, 5.41) is 2.49. The molecule has 0 radical (unpaired) electrons. The molecule has 2 aromatic heterocycles. The summed E-state index contributed by atoms with van der Waals surface area (Å²) < 4.78 is 58.3. The molecule has 13 heteroatoms. The summed E-state index contributed by atoms with van der Waals surface area (Å²) in [6.45, 7) is 4.94. The predicted octanol–water partition coefficient (Wildman–Crippen LogP) is 7.20. The van der Waals surface area contributed by atoms with Crippen molar-refractivity contribution < 1.29 is 36.7 Å². The van der Waals surface area contributed by atoms with Crippen LogP contribution in [0.4, 0.5) is 30.7 Å². The maximum atomic E-state index is 13.9. The number of oxazole rings is 1. The molecule has 2 aliphatic rings. The second kappa shape index (κ2) is 15.0. The zero-order chi connectivity index (χ0) is 34.4. The Kier molecular flexibility index (Phi) is 10.4. The van der Waals surface area contributed by atoms with Crippen LogP contribution < -0.4 is 19.9 Å². The number of alkyl halides is 3. The minimum absolute atomic E-state index is 0.212. The van der Waals surface area contributed by atoms with Crippen LogP contribution in [0.5, 0.6) is 5.75 Å². The van der Waals surface area contributed by atoms with Gasteiger partial charge in [-0.15, -0.1) is 0 Å². The molecule has 0 saturated carbocycles. The number of nitrogens with zero attached hydrogens (tertiary/aromatic N) is 4. The number of esters is 1. The van der Waals surface area contributed by atoms with E-state index in [2.05, 4.69) is 32.3 Å². The Labute approximate surface area is 282 Å². The van der Waals surface area contributed by atoms with E-state index in [1.165, 1.54) is 11.8 Å². The van der Waals surface area contributed by atoms with Gasteiger partial charge in [0.15, 0.2) is 5.69 Å². The van der Waals surface area contributed by atoms with Gasteiger partial charge in [-0.1, -0.05) is 36.4 Å². The minimum atomic E-state index is -4.87. The molecule has 2 saturated heterocycles. The van der Waals surface area contributed by atoms with Gasteiger partial charge >= 0.3 is 12.1 Å². The van der Waals surface area contributed by atoms with Gasteiger partial charge in [-0.3, -0.25) is 4.79 Å². The van der Waals surface area contributed by atoms with E-state index in [0.29, 0.717) is 55.3 Å². The van der Waals surface area contributed by atoms with Crippen molar-refractivity contribution in [3.63, 3.8) is 0 Å². The molecule has 1 amide bonds. The fraction of sp³-hybridized carbons (Fsp3) is 0.389. The van der Waals surface area contributed by atoms with Gasteiger partial charge in [0.05, 0.1) is 30.7 Å². The number of carbonyl (C=O) groups is 2. The lowest BCUT2D eigenvalue weighted by Crippen LogP contribution is -2.36. The average Bonchev–Trinajstić information content (AvgIpc) is 3.59. The van der Waals surface area contributed by atoms with Crippen molar-refractivity contribution in [3.05, 3.63) is 95.5 Å². The van der Waals surface area contributed by atoms with Crippen LogP contribution in [0.3, 0.4) is 0 Å². The van der Waals surface area contributed by atoms with E-state index < -0.39 is 23.5 Å². The Morgan fingerprint density at radius 1 is 0.939 bits per heavy atom. The third kappa shape index (κ3) is 8.33. The fourth-order valence-electron chi connectivity index (χ4n) is 6.22. The number of pyridine rings is 1. The number of hydrogen-bond acceptors (Lipinski definition) is 9. The number of amides is 1. The van der Waals surface area contributed by atoms with Crippen molar-refractivity contribution in [1.82, 2.24) is 9.97 Å². The topological polar surface area (TPSA) is 110 Å². The summed E-state index contributed by atoms with van der Waals surface area (Å²) >= 11 is 0. The summed E-state index contributed by atoms with van der Waals surface area (Å²) in [7, 11) is 0. The van der Waals surface area contributed by atoms with Crippen molar-refractivity contribution in [2.45, 2.75) is 44.7 Å². The molecular weight excluding hydrogens is 639 g/mol. The third-order valence-electron chi connectivity index (χ3n) is 8.90. The van der Waals surface area contributed by atoms with Crippen LogP contribution in [0.1, 0.15) is 70.7 Å². The van der Waals surface area contributed by atoms with Crippen molar-refractivity contribution in [2.24, 2.45) is 5.92 Å². The zero-order valence-corrected chi connectivity index (χ0v) is 27.1. The number of aromatic nitrogens is 2. The lowest BCUT2D eigenvalue weighted by molar-refractivity contribution is -0.141. The van der Waals surface area contributed by atoms with Gasteiger partial charge in [-0.2, -0.15) is 18.2 Å². The SMILES string of the molecule is CCOC(=O)c1cccc(OCC2CCN(c3ccc(NC(=O)c4oc(N5CCC(c6ccccc6)CC5)nc4C(F)(F)F)cn3)CC2)c1. The molecule has 0 bridgehead atoms. The lowest BCUT2D eigenvalue weighted by Gasteiger charge is -2.32. The highest BCUT2D eigenvalue weighted by atomic mass is 19.4. The maximum Gasteiger partial charge on any atom is 0.437 e. The van der Waals surface area contributed by atoms with Crippen LogP contribution in [-0.4, -0.2) is 61.2 Å². The normalized spacial score (nSPS) is 16.0. The van der Waals surface area contributed by atoms with E-state index in [4.69, 9.17) is 13.9 Å². The molecule has 6 rings (SSSR count). The van der Waals surface area contributed by atoms with E-state index >= 15 is 0 Å². The molecular formula is C36H38F3N5O5. The molecule has 4 aromatic rings. The number of carbonyl (C=O) groups excluding carboxylic acids is 2. The van der Waals surface area contributed by atoms with Crippen LogP contribution in [0.15, 0.2) is 77.3 Å². The van der Waals surface area contributed by atoms with Gasteiger partial charge in [0, 0.05) is 26.2 Å². The first-order valence-electron chi connectivity index (χ1n) is 16.5. The van der Waals surface area contributed by atoms with E-state index in [1.54, 1.807) is 42.2 Å². The van der Waals surface area contributed by atoms with Crippen LogP contribution >= 0.6 is 0 Å². The van der Waals surface area contributed by atoms with Gasteiger partial charge in [-0.05, 0) is 80.3 Å². The van der Waals surface area contributed by atoms with Gasteiger partial charge in [-0.25, -0.2) is 9.78 Å². The highest BCUT2D eigenvalue weighted by Gasteiger charge is 2.42. The van der Waals surface area contributed by atoms with Crippen LogP contribution in [0.25, 0.3) is 0 Å². The summed E-state index contributed by atoms with van der Waals surface area (Å²) in [5.41, 5.74) is 0.516. The molecule has 49 heavy (non-hydrogen) atoms. The van der Waals surface area contributed by atoms with E-state index in [9.17, 15) is 22.8 Å². The number of ether oxygens (including phenoxy) is 2. The molecule has 4 heterocycles. The van der Waals surface area contributed by atoms with Gasteiger partial charge in [0.25, 0.3) is 11.9 Å². The van der Waals surface area contributed by atoms with Gasteiger partial charge in [0.2, 0.25) is 5.76 Å². The van der Waals surface area contributed by atoms with E-state index in [-0.39, 0.29) is 17.7 Å². The Balaban J connectivity index is 1.02. The standard InChI is InChI=1S/C36H38F3N5O5/c1-2-47-34(46)27-9-6-10-29(21-27)48-23-24-13-17-43(18-14-24)30-12-11-28(22-40-30)41-33(45)31-32(36(37,38)39)42-35(49-31)44-19-15-26(16-20-44)25-7-4-3-5-8-25/h3-12,21-22,24,26H,2,13-20,23H2,1H3,(H,41,45). The summed E-state index contributed by atoms with van der Waals surface area (Å²) in [5.74, 6) is -0.409. The minimum Gasteiger partial charge on any atom is -0.493 e. The molecule has 2 aromatic carbocycles. The maximum absolute atomic E-state index is 13.9. The smallest absolute Gasteiger partial charge is 0.437 e. The average molecular weight is 678 g/mol. The molecule has 258 valence electrons. The molecule has 10 nitrogen and oxygen atoms in total. The van der Waals surface area contributed by atoms with Crippen molar-refractivity contribution in [2.75, 3.05) is 54.5 Å². The van der Waals surface area contributed by atoms with Gasteiger partial charge < -0.3 is 29.0 Å². The van der Waals surface area contributed by atoms with Crippen molar-refractivity contribution in [1.29, 1.82) is 0 Å². The largest absolute Gasteiger partial charge is 0.493 e. The zero-order valence-electron chi connectivity index (χ0n) is 27.1. The second-order valence-electron chi connectivity index (χ2n) is 12.2. The number of hydrogen-bond donors (Lipinski definition) is 1. The summed E-state index contributed by atoms with van der Waals surface area (Å²) in [6.07, 6.45) is -0.288. The molecule has 1 N–H and O–H groups in total. The summed E-state index contributed by atoms with van der Waals surface area (Å²) in [4.78, 5) is 37.0. The summed E-state index contributed by atoms with van der Waals surface area (Å²) in [6, 6.07) is 20.0. The lowest BCUT2D eigenvalue weighted by atomic mass is 9.90. The molecule has 0 aliphatic carbocycles. The Morgan fingerprint density at radius 2 is 1.67 bits per heavy atom. The molecule has 0 unspecified atom stereocenters. The first-order valence-corrected chi connectivity index (χ1v) is 16.5. The predicted molar refractivity (Wildman–Crippen MR) is 177 cm³/mol. The highest BCUT2D eigenvalue weighted by molar-refractivity contribution is 6.03. The van der Waals surface area contributed by atoms with Crippen molar-refractivity contribution >= 4 is 29.4 Å². The highest BCUT2D eigenvalue weighted by Crippen LogP contribution is 2.36. The molecule has 2 fully saturated rings. The molecule has 2 aliphatic heterocycles. The number of halogens is 3. The first-order chi connectivity index (χ1) is 23.7. The Hall–Kier alpha value is -5.07.